The number of nitrogens with one attached hydrogen (secondary N) is 2. The normalized spacial score (nSPS) is 12.9. The first-order valence-electron chi connectivity index (χ1n) is 8.44. The van der Waals surface area contributed by atoms with Crippen molar-refractivity contribution in [3.63, 3.8) is 0 Å². The van der Waals surface area contributed by atoms with Crippen LogP contribution in [0.3, 0.4) is 0 Å². The van der Waals surface area contributed by atoms with Crippen molar-refractivity contribution in [1.29, 1.82) is 0 Å². The molecular weight excluding hydrogens is 316 g/mol. The molecule has 136 valence electrons. The quantitative estimate of drug-likeness (QED) is 0.437. The monoisotopic (exact) mass is 344 g/mol. The Hall–Kier alpha value is -2.47. The van der Waals surface area contributed by atoms with E-state index in [4.69, 9.17) is 9.15 Å². The third-order valence-electron chi connectivity index (χ3n) is 3.87. The SMILES string of the molecule is CN=C(NCCOc1ccc(C)cc1)NCC(c1ccco1)N(C)C. The molecular formula is C19H28N4O2. The fourth-order valence-electron chi connectivity index (χ4n) is 2.41. The first kappa shape index (κ1) is 18.9. The Balaban J connectivity index is 1.73. The molecule has 0 aliphatic carbocycles. The fraction of sp³-hybridized carbons (Fsp3) is 0.421. The minimum absolute atomic E-state index is 0.136. The van der Waals surface area contributed by atoms with Crippen LogP contribution in [-0.4, -0.2) is 51.7 Å². The highest BCUT2D eigenvalue weighted by Crippen LogP contribution is 2.17. The van der Waals surface area contributed by atoms with Crippen molar-refractivity contribution in [3.05, 3.63) is 54.0 Å². The molecule has 0 saturated carbocycles. The van der Waals surface area contributed by atoms with Gasteiger partial charge in [-0.1, -0.05) is 17.7 Å². The molecule has 0 bridgehead atoms. The summed E-state index contributed by atoms with van der Waals surface area (Å²) in [7, 11) is 5.81. The van der Waals surface area contributed by atoms with E-state index < -0.39 is 0 Å². The summed E-state index contributed by atoms with van der Waals surface area (Å²) in [4.78, 5) is 6.36. The largest absolute Gasteiger partial charge is 0.492 e. The highest BCUT2D eigenvalue weighted by atomic mass is 16.5. The molecule has 0 radical (unpaired) electrons. The Labute approximate surface area is 149 Å². The van der Waals surface area contributed by atoms with Crippen molar-refractivity contribution in [2.75, 3.05) is 40.8 Å². The van der Waals surface area contributed by atoms with Crippen LogP contribution in [0.4, 0.5) is 0 Å². The summed E-state index contributed by atoms with van der Waals surface area (Å²) in [6.07, 6.45) is 1.70. The average molecular weight is 344 g/mol. The summed E-state index contributed by atoms with van der Waals surface area (Å²) in [6.45, 7) is 3.99. The lowest BCUT2D eigenvalue weighted by Crippen LogP contribution is -2.42. The van der Waals surface area contributed by atoms with Crippen LogP contribution in [0.25, 0.3) is 0 Å². The van der Waals surface area contributed by atoms with Gasteiger partial charge in [-0.15, -0.1) is 0 Å². The van der Waals surface area contributed by atoms with Crippen molar-refractivity contribution in [2.24, 2.45) is 4.99 Å². The van der Waals surface area contributed by atoms with E-state index in [9.17, 15) is 0 Å². The van der Waals surface area contributed by atoms with Gasteiger partial charge in [0.25, 0.3) is 0 Å². The maximum atomic E-state index is 5.71. The van der Waals surface area contributed by atoms with E-state index in [1.807, 2.05) is 50.5 Å². The van der Waals surface area contributed by atoms with E-state index in [1.54, 1.807) is 13.3 Å². The first-order valence-corrected chi connectivity index (χ1v) is 8.44. The summed E-state index contributed by atoms with van der Waals surface area (Å²) in [6, 6.07) is 12.1. The molecule has 0 fully saturated rings. The number of rotatable bonds is 8. The van der Waals surface area contributed by atoms with Crippen LogP contribution in [0.15, 0.2) is 52.1 Å². The van der Waals surface area contributed by atoms with Crippen molar-refractivity contribution in [1.82, 2.24) is 15.5 Å². The summed E-state index contributed by atoms with van der Waals surface area (Å²) >= 11 is 0. The van der Waals surface area contributed by atoms with Gasteiger partial charge in [0.05, 0.1) is 18.8 Å². The van der Waals surface area contributed by atoms with Crippen LogP contribution in [0.2, 0.25) is 0 Å². The maximum Gasteiger partial charge on any atom is 0.191 e. The standard InChI is InChI=1S/C19H28N4O2/c1-15-7-9-16(10-8-15)24-13-11-21-19(20-2)22-14-17(23(3)4)18-6-5-12-25-18/h5-10,12,17H,11,13-14H2,1-4H3,(H2,20,21,22). The van der Waals surface area contributed by atoms with E-state index in [-0.39, 0.29) is 6.04 Å². The summed E-state index contributed by atoms with van der Waals surface area (Å²) in [5.41, 5.74) is 1.22. The minimum Gasteiger partial charge on any atom is -0.492 e. The zero-order valence-electron chi connectivity index (χ0n) is 15.5. The number of furan rings is 1. The third kappa shape index (κ3) is 6.15. The topological polar surface area (TPSA) is 62.0 Å². The Morgan fingerprint density at radius 1 is 1.20 bits per heavy atom. The van der Waals surface area contributed by atoms with Crippen molar-refractivity contribution in [2.45, 2.75) is 13.0 Å². The molecule has 2 aromatic rings. The zero-order chi connectivity index (χ0) is 18.1. The Bertz CT molecular complexity index is 636. The number of nitrogens with zero attached hydrogens (tertiary/aromatic N) is 2. The molecule has 0 aliphatic rings. The van der Waals surface area contributed by atoms with Gasteiger partial charge in [-0.3, -0.25) is 9.89 Å². The molecule has 2 N–H and O–H groups in total. The molecule has 2 rings (SSSR count). The fourth-order valence-corrected chi connectivity index (χ4v) is 2.41. The van der Waals surface area contributed by atoms with Crippen LogP contribution in [0.1, 0.15) is 17.4 Å². The molecule has 6 heteroatoms. The molecule has 1 unspecified atom stereocenters. The van der Waals surface area contributed by atoms with E-state index in [0.29, 0.717) is 19.7 Å². The Kier molecular flexibility index (Phi) is 7.35. The number of benzene rings is 1. The molecule has 0 spiro atoms. The maximum absolute atomic E-state index is 5.71. The minimum atomic E-state index is 0.136. The van der Waals surface area contributed by atoms with Gasteiger partial charge in [-0.2, -0.15) is 0 Å². The van der Waals surface area contributed by atoms with Gasteiger partial charge in [0, 0.05) is 13.6 Å². The molecule has 1 atom stereocenters. The first-order chi connectivity index (χ1) is 12.1. The van der Waals surface area contributed by atoms with Crippen LogP contribution in [-0.2, 0) is 0 Å². The van der Waals surface area contributed by atoms with E-state index in [1.165, 1.54) is 5.56 Å². The highest BCUT2D eigenvalue weighted by molar-refractivity contribution is 5.79. The predicted octanol–water partition coefficient (Wildman–Crippen LogP) is 2.43. The van der Waals surface area contributed by atoms with Gasteiger partial charge in [-0.25, -0.2) is 0 Å². The lowest BCUT2D eigenvalue weighted by Gasteiger charge is -2.23. The number of guanidine groups is 1. The van der Waals surface area contributed by atoms with Gasteiger partial charge in [0.15, 0.2) is 5.96 Å². The molecule has 6 nitrogen and oxygen atoms in total. The summed E-state index contributed by atoms with van der Waals surface area (Å²) < 4.78 is 11.2. The molecule has 1 aromatic heterocycles. The van der Waals surface area contributed by atoms with E-state index >= 15 is 0 Å². The van der Waals surface area contributed by atoms with Crippen LogP contribution < -0.4 is 15.4 Å². The Morgan fingerprint density at radius 3 is 2.56 bits per heavy atom. The Morgan fingerprint density at radius 2 is 1.96 bits per heavy atom. The van der Waals surface area contributed by atoms with Gasteiger partial charge in [0.1, 0.15) is 18.1 Å². The molecule has 0 aliphatic heterocycles. The van der Waals surface area contributed by atoms with E-state index in [0.717, 1.165) is 17.5 Å². The van der Waals surface area contributed by atoms with Crippen LogP contribution in [0, 0.1) is 6.92 Å². The number of likely N-dealkylation sites (N-methyl/N-ethyl adjacent to an activating group) is 1. The smallest absolute Gasteiger partial charge is 0.191 e. The molecule has 0 amide bonds. The lowest BCUT2D eigenvalue weighted by molar-refractivity contribution is 0.258. The van der Waals surface area contributed by atoms with Gasteiger partial charge < -0.3 is 19.8 Å². The van der Waals surface area contributed by atoms with Gasteiger partial charge >= 0.3 is 0 Å². The second-order valence-corrected chi connectivity index (χ2v) is 6.04. The van der Waals surface area contributed by atoms with Gasteiger partial charge in [0.2, 0.25) is 0 Å². The molecule has 1 aromatic carbocycles. The van der Waals surface area contributed by atoms with Crippen LogP contribution in [0.5, 0.6) is 5.75 Å². The second kappa shape index (κ2) is 9.74. The third-order valence-corrected chi connectivity index (χ3v) is 3.87. The highest BCUT2D eigenvalue weighted by Gasteiger charge is 2.17. The molecule has 25 heavy (non-hydrogen) atoms. The summed E-state index contributed by atoms with van der Waals surface area (Å²) in [5, 5.41) is 6.58. The lowest BCUT2D eigenvalue weighted by atomic mass is 10.2. The van der Waals surface area contributed by atoms with Crippen molar-refractivity contribution in [3.8, 4) is 5.75 Å². The van der Waals surface area contributed by atoms with Crippen molar-refractivity contribution >= 4 is 5.96 Å². The number of ether oxygens (including phenoxy) is 1. The number of hydrogen-bond donors (Lipinski definition) is 2. The molecule has 1 heterocycles. The van der Waals surface area contributed by atoms with Gasteiger partial charge in [-0.05, 0) is 45.3 Å². The average Bonchev–Trinajstić information content (AvgIpc) is 3.12. The molecule has 0 saturated heterocycles. The number of aliphatic imine (C=N–C) groups is 1. The van der Waals surface area contributed by atoms with Crippen LogP contribution >= 0.6 is 0 Å². The van der Waals surface area contributed by atoms with Crippen molar-refractivity contribution < 1.29 is 9.15 Å². The number of hydrogen-bond acceptors (Lipinski definition) is 4. The van der Waals surface area contributed by atoms with E-state index in [2.05, 4.69) is 27.4 Å². The zero-order valence-corrected chi connectivity index (χ0v) is 15.5. The predicted molar refractivity (Wildman–Crippen MR) is 101 cm³/mol. The number of aryl methyl sites for hydroxylation is 1. The summed E-state index contributed by atoms with van der Waals surface area (Å²) in [5.74, 6) is 2.54. The second-order valence-electron chi connectivity index (χ2n) is 6.04.